The van der Waals surface area contributed by atoms with E-state index >= 15 is 0 Å². The van der Waals surface area contributed by atoms with E-state index in [1.165, 1.54) is 6.07 Å². The molecule has 1 fully saturated rings. The van der Waals surface area contributed by atoms with Crippen LogP contribution in [0.2, 0.25) is 0 Å². The molecule has 0 bridgehead atoms. The summed E-state index contributed by atoms with van der Waals surface area (Å²) in [4.78, 5) is 24.0. The summed E-state index contributed by atoms with van der Waals surface area (Å²) in [5, 5.41) is 3.09. The number of aromatic nitrogens is 2. The first kappa shape index (κ1) is 22.9. The maximum Gasteiger partial charge on any atom is 0.225 e. The molecule has 5 nitrogen and oxygen atoms in total. The summed E-state index contributed by atoms with van der Waals surface area (Å²) in [5.74, 6) is 1.03. The molecule has 172 valence electrons. The van der Waals surface area contributed by atoms with Crippen LogP contribution in [0.5, 0.6) is 0 Å². The molecule has 2 aromatic carbocycles. The molecule has 1 saturated heterocycles. The Morgan fingerprint density at radius 3 is 2.36 bits per heavy atom. The van der Waals surface area contributed by atoms with E-state index in [2.05, 4.69) is 15.2 Å². The number of piperidine rings is 1. The quantitative estimate of drug-likeness (QED) is 0.576. The van der Waals surface area contributed by atoms with Crippen molar-refractivity contribution in [3.8, 4) is 22.5 Å². The van der Waals surface area contributed by atoms with Crippen LogP contribution >= 0.6 is 0 Å². The number of hydrogen-bond acceptors (Lipinski definition) is 4. The molecule has 33 heavy (non-hydrogen) atoms. The number of nitrogens with one attached hydrogen (secondary N) is 1. The highest BCUT2D eigenvalue weighted by atomic mass is 19.1. The van der Waals surface area contributed by atoms with Crippen LogP contribution in [0.15, 0.2) is 60.8 Å². The topological polar surface area (TPSA) is 58.1 Å². The summed E-state index contributed by atoms with van der Waals surface area (Å²) in [7, 11) is 0. The van der Waals surface area contributed by atoms with Gasteiger partial charge in [0, 0.05) is 36.2 Å². The number of carbonyl (C=O) groups excluding carboxylic acids is 1. The number of amides is 1. The first-order valence-corrected chi connectivity index (χ1v) is 11.5. The summed E-state index contributed by atoms with van der Waals surface area (Å²) in [6.07, 6.45) is 3.69. The van der Waals surface area contributed by atoms with E-state index in [0.29, 0.717) is 29.4 Å². The third kappa shape index (κ3) is 5.38. The van der Waals surface area contributed by atoms with Gasteiger partial charge in [0.2, 0.25) is 5.91 Å². The first-order chi connectivity index (χ1) is 15.8. The van der Waals surface area contributed by atoms with Crippen LogP contribution in [0.1, 0.15) is 33.6 Å². The molecular weight excluding hydrogens is 415 g/mol. The molecule has 0 spiro atoms. The molecule has 1 N–H and O–H groups in total. The Morgan fingerprint density at radius 1 is 1.03 bits per heavy atom. The smallest absolute Gasteiger partial charge is 0.225 e. The van der Waals surface area contributed by atoms with Crippen LogP contribution in [0, 0.1) is 17.2 Å². The highest BCUT2D eigenvalue weighted by Gasteiger charge is 2.25. The largest absolute Gasteiger partial charge is 0.355 e. The molecule has 3 aromatic rings. The number of anilines is 1. The van der Waals surface area contributed by atoms with Crippen LogP contribution in [0.3, 0.4) is 0 Å². The molecule has 1 amide bonds. The van der Waals surface area contributed by atoms with Crippen LogP contribution in [-0.2, 0) is 4.79 Å². The Morgan fingerprint density at radius 2 is 1.70 bits per heavy atom. The summed E-state index contributed by atoms with van der Waals surface area (Å²) < 4.78 is 14.6. The first-order valence-electron chi connectivity index (χ1n) is 11.5. The standard InChI is InChI=1S/C27H31FN4O/c1-27(2,3)26(33)30-17-19-13-15-32(16-14-19)23-18-29-25(21-11-7-8-12-22(21)28)24(31-23)20-9-5-4-6-10-20/h4-12,18-19H,13-17H2,1-3H3,(H,30,33). The number of benzene rings is 2. The van der Waals surface area contributed by atoms with Gasteiger partial charge in [-0.1, -0.05) is 63.2 Å². The van der Waals surface area contributed by atoms with Gasteiger partial charge in [0.1, 0.15) is 11.6 Å². The maximum absolute atomic E-state index is 14.6. The number of carbonyl (C=O) groups is 1. The zero-order valence-electron chi connectivity index (χ0n) is 19.5. The fourth-order valence-corrected chi connectivity index (χ4v) is 4.05. The molecule has 0 unspecified atom stereocenters. The number of hydrogen-bond donors (Lipinski definition) is 1. The van der Waals surface area contributed by atoms with Crippen molar-refractivity contribution in [3.05, 3.63) is 66.6 Å². The fourth-order valence-electron chi connectivity index (χ4n) is 4.05. The number of nitrogens with zero attached hydrogens (tertiary/aromatic N) is 3. The van der Waals surface area contributed by atoms with Gasteiger partial charge in [0.15, 0.2) is 0 Å². The van der Waals surface area contributed by atoms with E-state index in [0.717, 1.165) is 37.3 Å². The summed E-state index contributed by atoms with van der Waals surface area (Å²) in [6, 6.07) is 16.5. The summed E-state index contributed by atoms with van der Waals surface area (Å²) in [5.41, 5.74) is 2.21. The van der Waals surface area contributed by atoms with Crippen LogP contribution in [-0.4, -0.2) is 35.5 Å². The van der Waals surface area contributed by atoms with E-state index in [-0.39, 0.29) is 17.1 Å². The second-order valence-corrected chi connectivity index (χ2v) is 9.66. The number of rotatable bonds is 5. The van der Waals surface area contributed by atoms with Gasteiger partial charge in [-0.3, -0.25) is 4.79 Å². The van der Waals surface area contributed by atoms with Crippen LogP contribution < -0.4 is 10.2 Å². The molecule has 0 saturated carbocycles. The zero-order valence-corrected chi connectivity index (χ0v) is 19.5. The average molecular weight is 447 g/mol. The van der Waals surface area contributed by atoms with Gasteiger partial charge in [0.05, 0.1) is 17.6 Å². The van der Waals surface area contributed by atoms with Crippen molar-refractivity contribution in [2.45, 2.75) is 33.6 Å². The van der Waals surface area contributed by atoms with Gasteiger partial charge >= 0.3 is 0 Å². The lowest BCUT2D eigenvalue weighted by Crippen LogP contribution is -2.42. The highest BCUT2D eigenvalue weighted by Crippen LogP contribution is 2.32. The van der Waals surface area contributed by atoms with Gasteiger partial charge in [0.25, 0.3) is 0 Å². The van der Waals surface area contributed by atoms with Crippen molar-refractivity contribution in [1.29, 1.82) is 0 Å². The lowest BCUT2D eigenvalue weighted by molar-refractivity contribution is -0.128. The van der Waals surface area contributed by atoms with Crippen molar-refractivity contribution in [2.24, 2.45) is 11.3 Å². The molecular formula is C27H31FN4O. The SMILES string of the molecule is CC(C)(C)C(=O)NCC1CCN(c2cnc(-c3ccccc3F)c(-c3ccccc3)n2)CC1. The Hall–Kier alpha value is -3.28. The third-order valence-corrected chi connectivity index (χ3v) is 6.11. The van der Waals surface area contributed by atoms with E-state index in [1.54, 1.807) is 18.3 Å². The molecule has 0 atom stereocenters. The van der Waals surface area contributed by atoms with E-state index in [4.69, 9.17) is 4.98 Å². The van der Waals surface area contributed by atoms with Crippen molar-refractivity contribution in [2.75, 3.05) is 24.5 Å². The van der Waals surface area contributed by atoms with Crippen molar-refractivity contribution >= 4 is 11.7 Å². The molecule has 4 rings (SSSR count). The minimum absolute atomic E-state index is 0.0898. The normalized spacial score (nSPS) is 14.8. The lowest BCUT2D eigenvalue weighted by Gasteiger charge is -2.33. The van der Waals surface area contributed by atoms with E-state index < -0.39 is 0 Å². The molecule has 6 heteroatoms. The second kappa shape index (κ2) is 9.69. The molecule has 1 aromatic heterocycles. The molecule has 2 heterocycles. The van der Waals surface area contributed by atoms with Gasteiger partial charge < -0.3 is 10.2 Å². The second-order valence-electron chi connectivity index (χ2n) is 9.66. The Bertz CT molecular complexity index is 1100. The Labute approximate surface area is 195 Å². The minimum Gasteiger partial charge on any atom is -0.355 e. The monoisotopic (exact) mass is 446 g/mol. The van der Waals surface area contributed by atoms with Crippen LogP contribution in [0.25, 0.3) is 22.5 Å². The molecule has 0 radical (unpaired) electrons. The number of halogens is 1. The average Bonchev–Trinajstić information content (AvgIpc) is 2.83. The predicted molar refractivity (Wildman–Crippen MR) is 130 cm³/mol. The van der Waals surface area contributed by atoms with Gasteiger partial charge in [-0.25, -0.2) is 14.4 Å². The molecule has 1 aliphatic rings. The van der Waals surface area contributed by atoms with E-state index in [9.17, 15) is 9.18 Å². The van der Waals surface area contributed by atoms with Gasteiger partial charge in [-0.15, -0.1) is 0 Å². The van der Waals surface area contributed by atoms with Crippen molar-refractivity contribution in [1.82, 2.24) is 15.3 Å². The Balaban J connectivity index is 1.53. The highest BCUT2D eigenvalue weighted by molar-refractivity contribution is 5.81. The summed E-state index contributed by atoms with van der Waals surface area (Å²) in [6.45, 7) is 8.18. The third-order valence-electron chi connectivity index (χ3n) is 6.11. The zero-order chi connectivity index (χ0) is 23.4. The molecule has 1 aliphatic heterocycles. The summed E-state index contributed by atoms with van der Waals surface area (Å²) >= 11 is 0. The van der Waals surface area contributed by atoms with Gasteiger partial charge in [-0.2, -0.15) is 0 Å². The minimum atomic E-state index is -0.371. The maximum atomic E-state index is 14.6. The van der Waals surface area contributed by atoms with Crippen molar-refractivity contribution < 1.29 is 9.18 Å². The molecule has 0 aliphatic carbocycles. The van der Waals surface area contributed by atoms with E-state index in [1.807, 2.05) is 57.2 Å². The fraction of sp³-hybridized carbons (Fsp3) is 0.370. The lowest BCUT2D eigenvalue weighted by atomic mass is 9.93. The van der Waals surface area contributed by atoms with Crippen molar-refractivity contribution in [3.63, 3.8) is 0 Å². The predicted octanol–water partition coefficient (Wildman–Crippen LogP) is 5.33. The van der Waals surface area contributed by atoms with Crippen LogP contribution in [0.4, 0.5) is 10.2 Å². The Kier molecular flexibility index (Phi) is 6.72. The van der Waals surface area contributed by atoms with Gasteiger partial charge in [-0.05, 0) is 30.9 Å².